The molecule has 2 aromatic carbocycles. The molecule has 1 aliphatic carbocycles. The first kappa shape index (κ1) is 20.3. The molecule has 0 N–H and O–H groups in total. The normalized spacial score (nSPS) is 18.7. The first-order valence-electron chi connectivity index (χ1n) is 10.9. The maximum Gasteiger partial charge on any atom is 0.271 e. The fraction of sp³-hybridized carbons (Fsp3) is 0.333. The minimum atomic E-state index is -0.0744. The molecule has 0 spiro atoms. The van der Waals surface area contributed by atoms with Crippen molar-refractivity contribution in [1.82, 2.24) is 9.78 Å². The van der Waals surface area contributed by atoms with E-state index in [9.17, 15) is 4.79 Å². The number of nitrogens with zero attached hydrogens (tertiary/aromatic N) is 2. The highest BCUT2D eigenvalue weighted by Gasteiger charge is 2.35. The number of hydrogen-bond donors (Lipinski definition) is 0. The summed E-state index contributed by atoms with van der Waals surface area (Å²) < 4.78 is 1.69. The van der Waals surface area contributed by atoms with Gasteiger partial charge in [-0.15, -0.1) is 0 Å². The number of fused-ring (bicyclic) bond motifs is 1. The molecule has 0 radical (unpaired) electrons. The topological polar surface area (TPSA) is 34.9 Å². The molecular weight excluding hydrogens is 368 g/mol. The molecule has 154 valence electrons. The number of benzene rings is 2. The minimum absolute atomic E-state index is 0.0744. The Morgan fingerprint density at radius 3 is 2.47 bits per heavy atom. The molecule has 0 saturated carbocycles. The smallest absolute Gasteiger partial charge is 0.267 e. The molecule has 30 heavy (non-hydrogen) atoms. The van der Waals surface area contributed by atoms with Gasteiger partial charge in [-0.25, -0.2) is 4.68 Å². The van der Waals surface area contributed by atoms with E-state index in [4.69, 9.17) is 5.10 Å². The van der Waals surface area contributed by atoms with Crippen LogP contribution in [0.5, 0.6) is 0 Å². The standard InChI is InChI=1S/C27H30N2O/c1-18(2)22-16-14-20(4)25-26(23-13-9-8-10-19(23)3)28-29(27(22)25)24(30)17-15-21-11-6-5-7-12-21/h5-13,15,17-18,20,22H,14,16H2,1-4H3/b17-15-/t20-,22+/m1/s1. The molecule has 3 nitrogen and oxygen atoms in total. The van der Waals surface area contributed by atoms with Crippen molar-refractivity contribution in [2.75, 3.05) is 0 Å². The Hall–Kier alpha value is -2.94. The average Bonchev–Trinajstić information content (AvgIpc) is 3.14. The number of allylic oxidation sites excluding steroid dienone is 1. The van der Waals surface area contributed by atoms with Crippen LogP contribution < -0.4 is 0 Å². The summed E-state index contributed by atoms with van der Waals surface area (Å²) in [6, 6.07) is 18.3. The van der Waals surface area contributed by atoms with Gasteiger partial charge in [0.25, 0.3) is 5.91 Å². The van der Waals surface area contributed by atoms with Crippen LogP contribution in [-0.2, 0) is 0 Å². The lowest BCUT2D eigenvalue weighted by molar-refractivity contribution is 0.0947. The lowest BCUT2D eigenvalue weighted by atomic mass is 9.75. The fourth-order valence-electron chi connectivity index (χ4n) is 4.65. The van der Waals surface area contributed by atoms with Crippen molar-refractivity contribution < 1.29 is 4.79 Å². The van der Waals surface area contributed by atoms with Crippen LogP contribution in [0.1, 0.15) is 72.6 Å². The Kier molecular flexibility index (Phi) is 5.72. The quantitative estimate of drug-likeness (QED) is 0.451. The molecule has 0 bridgehead atoms. The maximum absolute atomic E-state index is 13.3. The van der Waals surface area contributed by atoms with Crippen LogP contribution in [0.2, 0.25) is 0 Å². The number of aryl methyl sites for hydroxylation is 1. The summed E-state index contributed by atoms with van der Waals surface area (Å²) in [5, 5.41) is 4.93. The average molecular weight is 399 g/mol. The van der Waals surface area contributed by atoms with Crippen molar-refractivity contribution in [1.29, 1.82) is 0 Å². The van der Waals surface area contributed by atoms with Crippen molar-refractivity contribution >= 4 is 12.0 Å². The summed E-state index contributed by atoms with van der Waals surface area (Å²) in [5.74, 6) is 1.12. The first-order chi connectivity index (χ1) is 14.5. The second-order valence-corrected chi connectivity index (χ2v) is 8.79. The molecule has 1 heterocycles. The van der Waals surface area contributed by atoms with Crippen LogP contribution in [0.4, 0.5) is 0 Å². The first-order valence-corrected chi connectivity index (χ1v) is 10.9. The number of aromatic nitrogens is 2. The third kappa shape index (κ3) is 3.77. The van der Waals surface area contributed by atoms with Gasteiger partial charge in [-0.1, -0.05) is 75.4 Å². The molecule has 1 aromatic heterocycles. The highest BCUT2D eigenvalue weighted by Crippen LogP contribution is 2.46. The van der Waals surface area contributed by atoms with Gasteiger partial charge in [-0.05, 0) is 48.8 Å². The van der Waals surface area contributed by atoms with Gasteiger partial charge in [0.1, 0.15) is 0 Å². The molecule has 3 heteroatoms. The van der Waals surface area contributed by atoms with E-state index in [0.29, 0.717) is 17.8 Å². The molecule has 3 aromatic rings. The monoisotopic (exact) mass is 398 g/mol. The fourth-order valence-corrected chi connectivity index (χ4v) is 4.65. The summed E-state index contributed by atoms with van der Waals surface area (Å²) in [6.07, 6.45) is 5.76. The van der Waals surface area contributed by atoms with Crippen molar-refractivity contribution in [2.24, 2.45) is 5.92 Å². The molecule has 1 aliphatic rings. The van der Waals surface area contributed by atoms with Gasteiger partial charge in [-0.3, -0.25) is 4.79 Å². The Bertz CT molecular complexity index is 1080. The van der Waals surface area contributed by atoms with Crippen LogP contribution in [0, 0.1) is 12.8 Å². The zero-order chi connectivity index (χ0) is 21.3. The molecule has 0 unspecified atom stereocenters. The zero-order valence-electron chi connectivity index (χ0n) is 18.3. The number of rotatable bonds is 4. The molecule has 4 rings (SSSR count). The van der Waals surface area contributed by atoms with Crippen LogP contribution in [0.3, 0.4) is 0 Å². The van der Waals surface area contributed by atoms with E-state index in [1.165, 1.54) is 11.1 Å². The van der Waals surface area contributed by atoms with Gasteiger partial charge in [0.05, 0.1) is 11.4 Å². The van der Waals surface area contributed by atoms with Crippen molar-refractivity contribution in [3.8, 4) is 11.3 Å². The van der Waals surface area contributed by atoms with E-state index < -0.39 is 0 Å². The molecule has 0 fully saturated rings. The van der Waals surface area contributed by atoms with E-state index in [2.05, 4.69) is 52.0 Å². The van der Waals surface area contributed by atoms with Crippen molar-refractivity contribution in [3.05, 3.63) is 83.1 Å². The van der Waals surface area contributed by atoms with Gasteiger partial charge in [-0.2, -0.15) is 5.10 Å². The highest BCUT2D eigenvalue weighted by atomic mass is 16.2. The van der Waals surface area contributed by atoms with E-state index in [0.717, 1.165) is 35.4 Å². The number of carbonyl (C=O) groups is 1. The summed E-state index contributed by atoms with van der Waals surface area (Å²) in [6.45, 7) is 8.89. The van der Waals surface area contributed by atoms with Gasteiger partial charge in [0.15, 0.2) is 0 Å². The van der Waals surface area contributed by atoms with Crippen LogP contribution in [0.15, 0.2) is 60.7 Å². The number of carbonyl (C=O) groups excluding carboxylic acids is 1. The second-order valence-electron chi connectivity index (χ2n) is 8.79. The predicted molar refractivity (Wildman–Crippen MR) is 124 cm³/mol. The largest absolute Gasteiger partial charge is 0.271 e. The lowest BCUT2D eigenvalue weighted by Gasteiger charge is -2.30. The summed E-state index contributed by atoms with van der Waals surface area (Å²) in [5.41, 5.74) is 6.68. The molecule has 2 atom stereocenters. The van der Waals surface area contributed by atoms with Crippen LogP contribution in [-0.4, -0.2) is 15.7 Å². The molecule has 0 aliphatic heterocycles. The zero-order valence-corrected chi connectivity index (χ0v) is 18.3. The van der Waals surface area contributed by atoms with Gasteiger partial charge < -0.3 is 0 Å². The van der Waals surface area contributed by atoms with E-state index in [-0.39, 0.29) is 5.91 Å². The highest BCUT2D eigenvalue weighted by molar-refractivity contribution is 5.94. The number of hydrogen-bond acceptors (Lipinski definition) is 2. The SMILES string of the molecule is Cc1ccccc1-c1nn(C(=O)/C=C\c2ccccc2)c2c1[C@H](C)CC[C@H]2C(C)C. The van der Waals surface area contributed by atoms with Crippen molar-refractivity contribution in [2.45, 2.75) is 52.4 Å². The Labute approximate surface area is 179 Å². The van der Waals surface area contributed by atoms with Crippen LogP contribution in [0.25, 0.3) is 17.3 Å². The Morgan fingerprint density at radius 1 is 1.07 bits per heavy atom. The maximum atomic E-state index is 13.3. The molecular formula is C27H30N2O. The Balaban J connectivity index is 1.86. The van der Waals surface area contributed by atoms with E-state index >= 15 is 0 Å². The second kappa shape index (κ2) is 8.43. The summed E-state index contributed by atoms with van der Waals surface area (Å²) in [4.78, 5) is 13.3. The predicted octanol–water partition coefficient (Wildman–Crippen LogP) is 6.85. The van der Waals surface area contributed by atoms with E-state index in [1.807, 2.05) is 36.4 Å². The third-order valence-electron chi connectivity index (χ3n) is 6.35. The lowest BCUT2D eigenvalue weighted by Crippen LogP contribution is -2.23. The van der Waals surface area contributed by atoms with Gasteiger partial charge in [0.2, 0.25) is 0 Å². The molecule has 0 saturated heterocycles. The third-order valence-corrected chi connectivity index (χ3v) is 6.35. The summed E-state index contributed by atoms with van der Waals surface area (Å²) in [7, 11) is 0. The van der Waals surface area contributed by atoms with E-state index in [1.54, 1.807) is 10.8 Å². The van der Waals surface area contributed by atoms with Crippen molar-refractivity contribution in [3.63, 3.8) is 0 Å². The molecule has 0 amide bonds. The van der Waals surface area contributed by atoms with Gasteiger partial charge in [0, 0.05) is 23.1 Å². The minimum Gasteiger partial charge on any atom is -0.267 e. The van der Waals surface area contributed by atoms with Crippen LogP contribution >= 0.6 is 0 Å². The Morgan fingerprint density at radius 2 is 1.77 bits per heavy atom. The van der Waals surface area contributed by atoms with Gasteiger partial charge >= 0.3 is 0 Å². The summed E-state index contributed by atoms with van der Waals surface area (Å²) >= 11 is 0.